The van der Waals surface area contributed by atoms with Crippen molar-refractivity contribution in [1.29, 1.82) is 0 Å². The normalized spacial score (nSPS) is 18.5. The van der Waals surface area contributed by atoms with Crippen LogP contribution in [-0.4, -0.2) is 55.8 Å². The summed E-state index contributed by atoms with van der Waals surface area (Å²) in [4.78, 5) is 10.0. The van der Waals surface area contributed by atoms with Crippen LogP contribution in [0.25, 0.3) is 0 Å². The molecule has 1 unspecified atom stereocenters. The second-order valence-corrected chi connectivity index (χ2v) is 8.19. The van der Waals surface area contributed by atoms with Gasteiger partial charge in [0, 0.05) is 51.0 Å². The number of aliphatic imine (C=N–C) groups is 1. The fraction of sp³-hybridized carbons (Fsp3) is 0.667. The van der Waals surface area contributed by atoms with E-state index in [1.54, 1.807) is 7.05 Å². The molecule has 1 aromatic rings. The van der Waals surface area contributed by atoms with Crippen molar-refractivity contribution >= 4 is 23.4 Å². The van der Waals surface area contributed by atoms with Crippen LogP contribution in [0.15, 0.2) is 17.3 Å². The summed E-state index contributed by atoms with van der Waals surface area (Å²) in [6.07, 6.45) is -2.82. The Morgan fingerprint density at radius 2 is 2.04 bits per heavy atom. The molecule has 0 amide bonds. The molecule has 0 saturated carbocycles. The molecule has 0 radical (unpaired) electrons. The number of guanidine groups is 1. The first-order chi connectivity index (χ1) is 13.0. The summed E-state index contributed by atoms with van der Waals surface area (Å²) < 4.78 is 38.3. The molecule has 0 spiro atoms. The van der Waals surface area contributed by atoms with Gasteiger partial charge in [-0.3, -0.25) is 4.99 Å². The SMILES string of the molecule is CN=C(NCCNC(C)(C)C)NC1CCN(c2ncc(C(F)(F)F)cc2Cl)C1. The van der Waals surface area contributed by atoms with E-state index in [9.17, 15) is 13.2 Å². The lowest BCUT2D eigenvalue weighted by Gasteiger charge is -2.22. The molecule has 1 atom stereocenters. The molecule has 2 rings (SSSR count). The van der Waals surface area contributed by atoms with E-state index < -0.39 is 11.7 Å². The van der Waals surface area contributed by atoms with Gasteiger partial charge >= 0.3 is 6.18 Å². The summed E-state index contributed by atoms with van der Waals surface area (Å²) in [6.45, 7) is 9.07. The Morgan fingerprint density at radius 3 is 2.61 bits per heavy atom. The van der Waals surface area contributed by atoms with Gasteiger partial charge in [0.1, 0.15) is 5.82 Å². The fourth-order valence-corrected chi connectivity index (χ4v) is 3.18. The van der Waals surface area contributed by atoms with E-state index in [4.69, 9.17) is 11.6 Å². The average molecular weight is 421 g/mol. The van der Waals surface area contributed by atoms with Gasteiger partial charge < -0.3 is 20.9 Å². The summed E-state index contributed by atoms with van der Waals surface area (Å²) in [7, 11) is 1.70. The Hall–Kier alpha value is -1.74. The lowest BCUT2D eigenvalue weighted by molar-refractivity contribution is -0.137. The van der Waals surface area contributed by atoms with Crippen molar-refractivity contribution in [2.45, 2.75) is 44.9 Å². The molecule has 2 heterocycles. The largest absolute Gasteiger partial charge is 0.417 e. The number of hydrogen-bond acceptors (Lipinski definition) is 4. The maximum absolute atomic E-state index is 12.8. The third kappa shape index (κ3) is 6.70. The maximum atomic E-state index is 12.8. The first-order valence-corrected chi connectivity index (χ1v) is 9.57. The highest BCUT2D eigenvalue weighted by molar-refractivity contribution is 6.33. The Morgan fingerprint density at radius 1 is 1.32 bits per heavy atom. The number of pyridine rings is 1. The zero-order valence-corrected chi connectivity index (χ0v) is 17.4. The third-order valence-corrected chi connectivity index (χ3v) is 4.55. The predicted octanol–water partition coefficient (Wildman–Crippen LogP) is 2.89. The van der Waals surface area contributed by atoms with Crippen molar-refractivity contribution in [3.8, 4) is 0 Å². The summed E-state index contributed by atoms with van der Waals surface area (Å²) in [5, 5.41) is 9.98. The van der Waals surface area contributed by atoms with Gasteiger partial charge in [0.15, 0.2) is 5.96 Å². The van der Waals surface area contributed by atoms with Crippen LogP contribution in [0.5, 0.6) is 0 Å². The van der Waals surface area contributed by atoms with E-state index in [-0.39, 0.29) is 16.6 Å². The van der Waals surface area contributed by atoms with Gasteiger partial charge in [-0.05, 0) is 33.3 Å². The molecule has 0 bridgehead atoms. The van der Waals surface area contributed by atoms with Crippen LogP contribution in [0.1, 0.15) is 32.8 Å². The van der Waals surface area contributed by atoms with Crippen molar-refractivity contribution in [3.63, 3.8) is 0 Å². The molecule has 1 aliphatic heterocycles. The van der Waals surface area contributed by atoms with Crippen LogP contribution in [0.2, 0.25) is 5.02 Å². The second kappa shape index (κ2) is 9.17. The molecule has 10 heteroatoms. The van der Waals surface area contributed by atoms with Crippen molar-refractivity contribution in [3.05, 3.63) is 22.8 Å². The number of nitrogens with zero attached hydrogens (tertiary/aromatic N) is 3. The van der Waals surface area contributed by atoms with E-state index in [1.807, 2.05) is 4.90 Å². The number of halogens is 4. The Balaban J connectivity index is 1.87. The summed E-state index contributed by atoms with van der Waals surface area (Å²) in [6, 6.07) is 1.02. The zero-order valence-electron chi connectivity index (χ0n) is 16.6. The molecule has 1 aromatic heterocycles. The van der Waals surface area contributed by atoms with Crippen molar-refractivity contribution in [2.75, 3.05) is 38.1 Å². The lowest BCUT2D eigenvalue weighted by Crippen LogP contribution is -2.47. The van der Waals surface area contributed by atoms with E-state index >= 15 is 0 Å². The first-order valence-electron chi connectivity index (χ1n) is 9.19. The number of nitrogens with one attached hydrogen (secondary N) is 3. The van der Waals surface area contributed by atoms with Crippen molar-refractivity contribution in [1.82, 2.24) is 20.9 Å². The van der Waals surface area contributed by atoms with Gasteiger partial charge in [-0.2, -0.15) is 13.2 Å². The Kier molecular flexibility index (Phi) is 7.39. The van der Waals surface area contributed by atoms with E-state index in [0.29, 0.717) is 24.9 Å². The van der Waals surface area contributed by atoms with E-state index in [2.05, 4.69) is 46.7 Å². The van der Waals surface area contributed by atoms with Gasteiger partial charge in [0.25, 0.3) is 0 Å². The highest BCUT2D eigenvalue weighted by atomic mass is 35.5. The lowest BCUT2D eigenvalue weighted by atomic mass is 10.1. The van der Waals surface area contributed by atoms with Crippen LogP contribution in [0, 0.1) is 0 Å². The van der Waals surface area contributed by atoms with Crippen LogP contribution in [0.3, 0.4) is 0 Å². The molecule has 6 nitrogen and oxygen atoms in total. The third-order valence-electron chi connectivity index (χ3n) is 4.27. The predicted molar refractivity (Wildman–Crippen MR) is 107 cm³/mol. The monoisotopic (exact) mass is 420 g/mol. The summed E-state index contributed by atoms with van der Waals surface area (Å²) in [5.74, 6) is 1.06. The molecule has 0 aliphatic carbocycles. The summed E-state index contributed by atoms with van der Waals surface area (Å²) >= 11 is 6.05. The van der Waals surface area contributed by atoms with Crippen LogP contribution in [0.4, 0.5) is 19.0 Å². The summed E-state index contributed by atoms with van der Waals surface area (Å²) in [5.41, 5.74) is -0.790. The van der Waals surface area contributed by atoms with Gasteiger partial charge in [0.2, 0.25) is 0 Å². The van der Waals surface area contributed by atoms with Crippen molar-refractivity contribution in [2.24, 2.45) is 4.99 Å². The van der Waals surface area contributed by atoms with Gasteiger partial charge in [-0.15, -0.1) is 0 Å². The molecule has 1 saturated heterocycles. The van der Waals surface area contributed by atoms with Crippen LogP contribution in [-0.2, 0) is 6.18 Å². The molecular formula is C18H28ClF3N6. The van der Waals surface area contributed by atoms with Crippen LogP contribution < -0.4 is 20.9 Å². The second-order valence-electron chi connectivity index (χ2n) is 7.78. The van der Waals surface area contributed by atoms with Gasteiger partial charge in [0.05, 0.1) is 10.6 Å². The highest BCUT2D eigenvalue weighted by Gasteiger charge is 2.33. The molecule has 28 heavy (non-hydrogen) atoms. The number of hydrogen-bond donors (Lipinski definition) is 3. The fourth-order valence-electron chi connectivity index (χ4n) is 2.90. The molecule has 1 aliphatic rings. The number of alkyl halides is 3. The molecular weight excluding hydrogens is 393 g/mol. The minimum atomic E-state index is -4.45. The van der Waals surface area contributed by atoms with Gasteiger partial charge in [-0.25, -0.2) is 4.98 Å². The number of anilines is 1. The maximum Gasteiger partial charge on any atom is 0.417 e. The highest BCUT2D eigenvalue weighted by Crippen LogP contribution is 2.34. The standard InChI is InChI=1S/C18H28ClF3N6/c1-17(2,3)26-7-6-24-16(23-4)27-13-5-8-28(11-13)15-14(19)9-12(10-25-15)18(20,21)22/h9-10,13,26H,5-8,11H2,1-4H3,(H2,23,24,27). The Bertz CT molecular complexity index is 687. The molecule has 158 valence electrons. The Labute approximate surface area is 168 Å². The van der Waals surface area contributed by atoms with Crippen LogP contribution >= 0.6 is 11.6 Å². The molecule has 1 fully saturated rings. The average Bonchev–Trinajstić information content (AvgIpc) is 3.04. The topological polar surface area (TPSA) is 64.6 Å². The number of rotatable bonds is 5. The zero-order chi connectivity index (χ0) is 20.9. The first kappa shape index (κ1) is 22.5. The van der Waals surface area contributed by atoms with E-state index in [0.717, 1.165) is 31.8 Å². The smallest absolute Gasteiger partial charge is 0.355 e. The van der Waals surface area contributed by atoms with Crippen molar-refractivity contribution < 1.29 is 13.2 Å². The quantitative estimate of drug-likeness (QED) is 0.388. The molecule has 0 aromatic carbocycles. The van der Waals surface area contributed by atoms with Gasteiger partial charge in [-0.1, -0.05) is 11.6 Å². The number of aromatic nitrogens is 1. The minimum absolute atomic E-state index is 0.00577. The minimum Gasteiger partial charge on any atom is -0.355 e. The molecule has 3 N–H and O–H groups in total. The van der Waals surface area contributed by atoms with E-state index in [1.165, 1.54) is 0 Å².